The van der Waals surface area contributed by atoms with E-state index in [0.29, 0.717) is 0 Å². The van der Waals surface area contributed by atoms with Crippen LogP contribution in [0.1, 0.15) is 44.5 Å². The second-order valence-electron chi connectivity index (χ2n) is 12.0. The number of aryl methyl sites for hydroxylation is 8. The normalized spacial score (nSPS) is 11.2. The Morgan fingerprint density at radius 3 is 1.04 bits per heavy atom. The maximum atomic E-state index is 8.88. The molecule has 0 saturated heterocycles. The first-order valence-corrected chi connectivity index (χ1v) is 18.6. The number of para-hydroxylation sites is 2. The van der Waals surface area contributed by atoms with Crippen molar-refractivity contribution in [2.45, 2.75) is 55.4 Å². The lowest BCUT2D eigenvalue weighted by atomic mass is 9.88. The first-order valence-electron chi connectivity index (χ1n) is 15.5. The van der Waals surface area contributed by atoms with Crippen LogP contribution in [0.4, 0.5) is 0 Å². The third kappa shape index (κ3) is 11.2. The summed E-state index contributed by atoms with van der Waals surface area (Å²) in [5.41, 5.74) is 13.5. The fourth-order valence-corrected chi connectivity index (χ4v) is 5.77. The van der Waals surface area contributed by atoms with Crippen molar-refractivity contribution in [1.82, 2.24) is 0 Å². The van der Waals surface area contributed by atoms with Crippen molar-refractivity contribution in [2.75, 3.05) is 0 Å². The quantitative estimate of drug-likeness (QED) is 0.0928. The zero-order chi connectivity index (χ0) is 37.6. The van der Waals surface area contributed by atoms with Crippen LogP contribution in [0.25, 0.3) is 22.3 Å². The molecule has 0 amide bonds. The van der Waals surface area contributed by atoms with Crippen LogP contribution < -0.4 is 9.47 Å². The van der Waals surface area contributed by atoms with Gasteiger partial charge < -0.3 is 38.8 Å². The summed E-state index contributed by atoms with van der Waals surface area (Å²) < 4.78 is 31.7. The second kappa shape index (κ2) is 16.8. The zero-order valence-electron chi connectivity index (χ0n) is 29.3. The molecule has 0 aliphatic carbocycles. The Labute approximate surface area is 293 Å². The van der Waals surface area contributed by atoms with Gasteiger partial charge in [0.05, 0.1) is 5.56 Å². The molecule has 0 saturated carbocycles. The van der Waals surface area contributed by atoms with Gasteiger partial charge in [0.15, 0.2) is 0 Å². The lowest BCUT2D eigenvalue weighted by molar-refractivity contribution is 0.272. The van der Waals surface area contributed by atoms with Gasteiger partial charge in [-0.2, -0.15) is 0 Å². The highest BCUT2D eigenvalue weighted by Gasteiger charge is 2.25. The summed E-state index contributed by atoms with van der Waals surface area (Å²) in [6.07, 6.45) is 0. The predicted molar refractivity (Wildman–Crippen MR) is 197 cm³/mol. The molecule has 0 aliphatic rings. The van der Waals surface area contributed by atoms with Gasteiger partial charge in [0, 0.05) is 5.56 Å². The molecule has 6 N–H and O–H groups in total. The molecule has 50 heavy (non-hydrogen) atoms. The molecule has 266 valence electrons. The van der Waals surface area contributed by atoms with E-state index in [9.17, 15) is 0 Å². The smallest absolute Gasteiger partial charge is 0.456 e. The van der Waals surface area contributed by atoms with Crippen LogP contribution in [-0.2, 0) is 9.13 Å². The number of ether oxygens (including phenoxy) is 2. The molecule has 0 unspecified atom stereocenters. The van der Waals surface area contributed by atoms with Crippen LogP contribution in [0.3, 0.4) is 0 Å². The highest BCUT2D eigenvalue weighted by atomic mass is 31.2. The van der Waals surface area contributed by atoms with E-state index in [-0.39, 0.29) is 0 Å². The molecule has 10 nitrogen and oxygen atoms in total. The number of hydrogen-bond donors (Lipinski definition) is 6. The van der Waals surface area contributed by atoms with E-state index in [0.717, 1.165) is 61.9 Å². The van der Waals surface area contributed by atoms with Gasteiger partial charge in [0.2, 0.25) is 0 Å². The van der Waals surface area contributed by atoms with Crippen LogP contribution in [-0.4, -0.2) is 29.4 Å². The van der Waals surface area contributed by atoms with Crippen molar-refractivity contribution in [3.05, 3.63) is 129 Å². The van der Waals surface area contributed by atoms with Gasteiger partial charge in [-0.3, -0.25) is 0 Å². The maximum absolute atomic E-state index is 8.88. The fraction of sp³-hybridized carbons (Fsp3) is 0.211. The summed E-state index contributed by atoms with van der Waals surface area (Å²) in [6, 6.07) is 29.8. The minimum absolute atomic E-state index is 0.783. The van der Waals surface area contributed by atoms with Crippen molar-refractivity contribution >= 4 is 15.6 Å². The maximum Gasteiger partial charge on any atom is 0.466 e. The Morgan fingerprint density at radius 1 is 0.380 bits per heavy atom. The second-order valence-corrected chi connectivity index (χ2v) is 14.1. The van der Waals surface area contributed by atoms with Gasteiger partial charge >= 0.3 is 15.6 Å². The summed E-state index contributed by atoms with van der Waals surface area (Å²) in [4.78, 5) is 43.1. The number of rotatable bonds is 6. The van der Waals surface area contributed by atoms with E-state index >= 15 is 0 Å². The minimum Gasteiger partial charge on any atom is -0.456 e. The third-order valence-electron chi connectivity index (χ3n) is 7.83. The molecular formula is C38H44O10P2. The van der Waals surface area contributed by atoms with Gasteiger partial charge in [-0.05, 0) is 123 Å². The lowest BCUT2D eigenvalue weighted by Gasteiger charge is -2.25. The van der Waals surface area contributed by atoms with Crippen molar-refractivity contribution in [3.8, 4) is 45.3 Å². The SMILES string of the molecule is Cc1cccc(C)c1Oc1ccc(-c2c(C)cccc2C)c(Oc2c(C)cccc2C)c1-c1c(C)cccc1C.O=P(O)(O)O.O=P(O)(O)O. The first kappa shape index (κ1) is 40.4. The largest absolute Gasteiger partial charge is 0.466 e. The van der Waals surface area contributed by atoms with Crippen LogP contribution >= 0.6 is 15.6 Å². The molecule has 0 aromatic heterocycles. The Bertz CT molecular complexity index is 1960. The van der Waals surface area contributed by atoms with E-state index in [4.69, 9.17) is 48.0 Å². The van der Waals surface area contributed by atoms with Crippen molar-refractivity contribution in [2.24, 2.45) is 0 Å². The summed E-state index contributed by atoms with van der Waals surface area (Å²) in [6.45, 7) is 17.1. The molecular weight excluding hydrogens is 678 g/mol. The molecule has 12 heteroatoms. The average Bonchev–Trinajstić information content (AvgIpc) is 2.96. The number of hydrogen-bond acceptors (Lipinski definition) is 4. The number of phosphoric acid groups is 2. The zero-order valence-corrected chi connectivity index (χ0v) is 31.1. The van der Waals surface area contributed by atoms with E-state index in [1.54, 1.807) is 0 Å². The van der Waals surface area contributed by atoms with E-state index in [1.165, 1.54) is 27.8 Å². The van der Waals surface area contributed by atoms with Gasteiger partial charge in [0.25, 0.3) is 0 Å². The van der Waals surface area contributed by atoms with Gasteiger partial charge in [-0.1, -0.05) is 72.8 Å². The highest BCUT2D eigenvalue weighted by Crippen LogP contribution is 2.51. The molecule has 0 spiro atoms. The fourth-order valence-electron chi connectivity index (χ4n) is 5.77. The molecule has 0 radical (unpaired) electrons. The van der Waals surface area contributed by atoms with Crippen LogP contribution in [0.2, 0.25) is 0 Å². The van der Waals surface area contributed by atoms with Crippen LogP contribution in [0.5, 0.6) is 23.0 Å². The summed E-state index contributed by atoms with van der Waals surface area (Å²) in [7, 11) is -9.28. The molecule has 5 aromatic carbocycles. The first-order chi connectivity index (χ1) is 23.2. The standard InChI is InChI=1S/C38H38O2.2H3O4P/c1-23-13-9-14-24(2)33(23)31-21-22-32(39-36-27(5)17-11-18-28(36)6)35(34-25(3)15-10-16-26(34)4)38(31)40-37-29(7)19-12-20-30(37)8;2*1-5(2,3)4/h9-22H,1-8H3;2*(H3,1,2,3,4). The Hall–Kier alpha value is -4.08. The lowest BCUT2D eigenvalue weighted by Crippen LogP contribution is -2.02. The third-order valence-corrected chi connectivity index (χ3v) is 7.83. The summed E-state index contributed by atoms with van der Waals surface area (Å²) in [5, 5.41) is 0. The summed E-state index contributed by atoms with van der Waals surface area (Å²) >= 11 is 0. The monoisotopic (exact) mass is 722 g/mol. The van der Waals surface area contributed by atoms with Crippen molar-refractivity contribution in [3.63, 3.8) is 0 Å². The number of benzene rings is 5. The Kier molecular flexibility index (Phi) is 13.5. The van der Waals surface area contributed by atoms with Gasteiger partial charge in [-0.25, -0.2) is 9.13 Å². The molecule has 0 aliphatic heterocycles. The van der Waals surface area contributed by atoms with Gasteiger partial charge in [0.1, 0.15) is 23.0 Å². The van der Waals surface area contributed by atoms with Crippen molar-refractivity contribution in [1.29, 1.82) is 0 Å². The summed E-state index contributed by atoms with van der Waals surface area (Å²) in [5.74, 6) is 3.36. The predicted octanol–water partition coefficient (Wildman–Crippen LogP) is 9.22. The molecule has 0 heterocycles. The molecule has 5 rings (SSSR count). The average molecular weight is 723 g/mol. The van der Waals surface area contributed by atoms with Crippen LogP contribution in [0.15, 0.2) is 84.9 Å². The van der Waals surface area contributed by atoms with Gasteiger partial charge in [-0.15, -0.1) is 0 Å². The minimum atomic E-state index is -4.64. The Morgan fingerprint density at radius 2 is 0.680 bits per heavy atom. The van der Waals surface area contributed by atoms with E-state index in [1.807, 2.05) is 0 Å². The molecule has 0 fully saturated rings. The van der Waals surface area contributed by atoms with Crippen molar-refractivity contribution < 1.29 is 48.0 Å². The van der Waals surface area contributed by atoms with E-state index < -0.39 is 15.6 Å². The Balaban J connectivity index is 0.000000595. The molecule has 0 atom stereocenters. The molecule has 0 bridgehead atoms. The molecule has 5 aromatic rings. The topological polar surface area (TPSA) is 174 Å². The van der Waals surface area contributed by atoms with E-state index in [2.05, 4.69) is 140 Å². The van der Waals surface area contributed by atoms with Crippen LogP contribution in [0, 0.1) is 55.4 Å². The highest BCUT2D eigenvalue weighted by molar-refractivity contribution is 7.45.